The molecule has 0 saturated heterocycles. The third-order valence-corrected chi connectivity index (χ3v) is 14.9. The van der Waals surface area contributed by atoms with E-state index in [1.54, 1.807) is 0 Å². The molecule has 0 aliphatic carbocycles. The maximum Gasteiger partial charge on any atom is 0.0125 e. The number of rotatable bonds is 36. The highest BCUT2D eigenvalue weighted by Gasteiger charge is 2.21. The summed E-state index contributed by atoms with van der Waals surface area (Å²) in [6.07, 6.45) is 6.34. The summed E-state index contributed by atoms with van der Waals surface area (Å²) in [5.41, 5.74) is 1.68. The van der Waals surface area contributed by atoms with Gasteiger partial charge in [0.2, 0.25) is 0 Å². The minimum atomic E-state index is 0.245. The van der Waals surface area contributed by atoms with Gasteiger partial charge in [0.1, 0.15) is 0 Å². The first-order chi connectivity index (χ1) is 37.3. The van der Waals surface area contributed by atoms with E-state index in [-0.39, 0.29) is 16.6 Å². The van der Waals surface area contributed by atoms with Crippen molar-refractivity contribution in [2.75, 3.05) is 164 Å². The first-order valence-corrected chi connectivity index (χ1v) is 34.1. The van der Waals surface area contributed by atoms with Crippen LogP contribution >= 0.6 is 0 Å². The second-order valence-electron chi connectivity index (χ2n) is 28.5. The predicted octanol–water partition coefficient (Wildman–Crippen LogP) is 13.7. The van der Waals surface area contributed by atoms with Crippen molar-refractivity contribution in [3.63, 3.8) is 0 Å². The zero-order valence-corrected chi connectivity index (χ0v) is 62.7. The van der Waals surface area contributed by atoms with Crippen molar-refractivity contribution in [2.24, 2.45) is 0 Å². The highest BCUT2D eigenvalue weighted by atomic mass is 15.2. The number of likely N-dealkylation sites (N-methyl/N-ethyl adjacent to an activating group) is 6. The molecule has 0 amide bonds. The minimum absolute atomic E-state index is 0.245. The zero-order chi connectivity index (χ0) is 64.5. The molecule has 0 aromatic rings. The molecule has 0 saturated carbocycles. The second-order valence-corrected chi connectivity index (χ2v) is 28.5. The molecular weight excluding hydrogens is 997 g/mol. The Morgan fingerprint density at radius 3 is 1.00 bits per heavy atom. The maximum absolute atomic E-state index is 3.61. The van der Waals surface area contributed by atoms with Gasteiger partial charge in [0.15, 0.2) is 0 Å². The second kappa shape index (κ2) is 53.7. The van der Waals surface area contributed by atoms with Gasteiger partial charge in [-0.15, -0.1) is 0 Å². The van der Waals surface area contributed by atoms with E-state index in [2.05, 4.69) is 289 Å². The lowest BCUT2D eigenvalue weighted by Gasteiger charge is -2.36. The van der Waals surface area contributed by atoms with Crippen LogP contribution in [0.1, 0.15) is 254 Å². The summed E-state index contributed by atoms with van der Waals surface area (Å²) < 4.78 is 0. The molecular formula is C69H162N12. The SMILES string of the molecule is CCCN(CCC)CCNC(C)(C)C.CCN(CC)CCCC(C)NC(C)(C)C.CCN(CC)CCCNC(C)(C)C.CCN(CC)CCN(C)C(C)(C)C.CCN(CC)CCN(CC)C(C)(C)C.CCNCCN(CC)C(C)(C)C. The fourth-order valence-electron chi connectivity index (χ4n) is 9.13. The molecule has 4 N–H and O–H groups in total. The van der Waals surface area contributed by atoms with Gasteiger partial charge in [-0.3, -0.25) is 9.80 Å². The molecule has 0 radical (unpaired) electrons. The Labute approximate surface area is 515 Å². The molecule has 81 heavy (non-hydrogen) atoms. The van der Waals surface area contributed by atoms with Gasteiger partial charge in [0.05, 0.1) is 0 Å². The van der Waals surface area contributed by atoms with Crippen molar-refractivity contribution in [1.29, 1.82) is 0 Å². The van der Waals surface area contributed by atoms with Gasteiger partial charge >= 0.3 is 0 Å². The molecule has 0 aliphatic rings. The lowest BCUT2D eigenvalue weighted by atomic mass is 10.1. The van der Waals surface area contributed by atoms with Crippen LogP contribution in [0.2, 0.25) is 0 Å². The van der Waals surface area contributed by atoms with Gasteiger partial charge < -0.3 is 50.7 Å². The van der Waals surface area contributed by atoms with E-state index in [1.807, 2.05) is 0 Å². The van der Waals surface area contributed by atoms with Crippen LogP contribution in [0.15, 0.2) is 0 Å². The Hall–Kier alpha value is -0.480. The molecule has 0 bridgehead atoms. The molecule has 0 aromatic carbocycles. The molecule has 0 heterocycles. The number of hydrogen-bond donors (Lipinski definition) is 4. The molecule has 0 spiro atoms. The van der Waals surface area contributed by atoms with E-state index in [9.17, 15) is 0 Å². The van der Waals surface area contributed by atoms with Crippen molar-refractivity contribution < 1.29 is 0 Å². The Bertz CT molecular complexity index is 1230. The molecule has 12 heteroatoms. The molecule has 1 atom stereocenters. The van der Waals surface area contributed by atoms with Gasteiger partial charge in [0.25, 0.3) is 0 Å². The highest BCUT2D eigenvalue weighted by molar-refractivity contribution is 4.79. The third-order valence-electron chi connectivity index (χ3n) is 14.9. The average Bonchev–Trinajstić information content (AvgIpc) is 3.35. The van der Waals surface area contributed by atoms with Crippen LogP contribution in [0, 0.1) is 0 Å². The summed E-state index contributed by atoms with van der Waals surface area (Å²) in [6, 6.07) is 0.626. The standard InChI is InChI=1S/C13H30N2.2C12H28N2.2C11H26N2.C10H24N2/c1-7-15(8-2)11-9-10-12(3)14-13(4,5)6;1-7-13(8-2)10-11-14(9-3)12(4,5)6;1-6-9-14(10-7-2)11-8-13-12(3,4)5;1-7-13(8-2)10-9-12(6)11(3,4)5;1-6-13(7-2)10-8-9-12-11(3,4)5;1-6-11-8-9-12(7-2)10(3,4)5/h12,14H,7-11H2,1-6H3;7-11H2,1-6H3;13H,6-11H2,1-5H3;7-10H2,1-6H3;12H,6-10H2,1-5H3;11H,6-9H2,1-5H3. The first-order valence-electron chi connectivity index (χ1n) is 34.1. The molecule has 0 fully saturated rings. The van der Waals surface area contributed by atoms with E-state index in [0.717, 1.165) is 78.5 Å². The molecule has 0 aliphatic heterocycles. The monoisotopic (exact) mass is 1160 g/mol. The van der Waals surface area contributed by atoms with Crippen molar-refractivity contribution in [2.45, 2.75) is 293 Å². The van der Waals surface area contributed by atoms with Crippen molar-refractivity contribution in [1.82, 2.24) is 60.5 Å². The van der Waals surface area contributed by atoms with Crippen LogP contribution in [-0.2, 0) is 0 Å². The van der Waals surface area contributed by atoms with Crippen LogP contribution in [0.3, 0.4) is 0 Å². The smallest absolute Gasteiger partial charge is 0.0125 e. The van der Waals surface area contributed by atoms with Crippen molar-refractivity contribution >= 4 is 0 Å². The van der Waals surface area contributed by atoms with Gasteiger partial charge in [-0.25, -0.2) is 0 Å². The quantitative estimate of drug-likeness (QED) is 0.0452. The third kappa shape index (κ3) is 66.9. The van der Waals surface area contributed by atoms with Gasteiger partial charge in [-0.1, -0.05) is 90.0 Å². The van der Waals surface area contributed by atoms with E-state index < -0.39 is 0 Å². The van der Waals surface area contributed by atoms with Crippen LogP contribution < -0.4 is 21.3 Å². The fourth-order valence-corrected chi connectivity index (χ4v) is 9.13. The van der Waals surface area contributed by atoms with Crippen molar-refractivity contribution in [3.8, 4) is 0 Å². The average molecular weight is 1160 g/mol. The molecule has 0 rings (SSSR count). The highest BCUT2D eigenvalue weighted by Crippen LogP contribution is 2.13. The van der Waals surface area contributed by atoms with Crippen LogP contribution in [-0.4, -0.2) is 243 Å². The summed E-state index contributed by atoms with van der Waals surface area (Å²) in [6.45, 7) is 99.7. The summed E-state index contributed by atoms with van der Waals surface area (Å²) in [5.74, 6) is 0. The van der Waals surface area contributed by atoms with Crippen LogP contribution in [0.4, 0.5) is 0 Å². The summed E-state index contributed by atoms with van der Waals surface area (Å²) in [4.78, 5) is 19.9. The number of hydrogen-bond acceptors (Lipinski definition) is 12. The Morgan fingerprint density at radius 1 is 0.321 bits per heavy atom. The minimum Gasteiger partial charge on any atom is -0.316 e. The Kier molecular flexibility index (Phi) is 60.8. The Balaban J connectivity index is -0.000000209. The summed E-state index contributed by atoms with van der Waals surface area (Å²) in [7, 11) is 2.20. The Morgan fingerprint density at radius 2 is 0.679 bits per heavy atom. The lowest BCUT2D eigenvalue weighted by Crippen LogP contribution is -2.45. The van der Waals surface area contributed by atoms with Crippen molar-refractivity contribution in [3.05, 3.63) is 0 Å². The molecule has 498 valence electrons. The molecule has 1 unspecified atom stereocenters. The zero-order valence-electron chi connectivity index (χ0n) is 62.7. The van der Waals surface area contributed by atoms with Gasteiger partial charge in [-0.05, 0) is 275 Å². The number of nitrogens with one attached hydrogen (secondary N) is 4. The lowest BCUT2D eigenvalue weighted by molar-refractivity contribution is 0.124. The predicted molar refractivity (Wildman–Crippen MR) is 375 cm³/mol. The largest absolute Gasteiger partial charge is 0.316 e. The number of nitrogens with zero attached hydrogens (tertiary/aromatic N) is 8. The van der Waals surface area contributed by atoms with Gasteiger partial charge in [-0.2, -0.15) is 0 Å². The molecule has 12 nitrogen and oxygen atoms in total. The van der Waals surface area contributed by atoms with Crippen LogP contribution in [0.5, 0.6) is 0 Å². The maximum atomic E-state index is 3.61. The van der Waals surface area contributed by atoms with E-state index in [0.29, 0.717) is 22.7 Å². The van der Waals surface area contributed by atoms with Gasteiger partial charge in [0, 0.05) is 91.6 Å². The van der Waals surface area contributed by atoms with Crippen LogP contribution in [0.25, 0.3) is 0 Å². The van der Waals surface area contributed by atoms with E-state index in [1.165, 1.54) is 111 Å². The fraction of sp³-hybridized carbons (Fsp3) is 1.00. The molecule has 0 aromatic heterocycles. The van der Waals surface area contributed by atoms with E-state index in [4.69, 9.17) is 0 Å². The summed E-state index contributed by atoms with van der Waals surface area (Å²) >= 11 is 0. The topological polar surface area (TPSA) is 74.0 Å². The summed E-state index contributed by atoms with van der Waals surface area (Å²) in [5, 5.41) is 14.0. The van der Waals surface area contributed by atoms with E-state index >= 15 is 0 Å². The first kappa shape index (κ1) is 91.7. The normalized spacial score (nSPS) is 13.0.